The summed E-state index contributed by atoms with van der Waals surface area (Å²) in [7, 11) is 0. The van der Waals surface area contributed by atoms with E-state index < -0.39 is 0 Å². The third-order valence-electron chi connectivity index (χ3n) is 3.29. The lowest BCUT2D eigenvalue weighted by molar-refractivity contribution is 0.323. The van der Waals surface area contributed by atoms with E-state index in [0.29, 0.717) is 25.6 Å². The van der Waals surface area contributed by atoms with Crippen LogP contribution in [0.1, 0.15) is 25.0 Å². The number of hydrogen-bond acceptors (Lipinski definition) is 3. The fourth-order valence-electron chi connectivity index (χ4n) is 2.14. The van der Waals surface area contributed by atoms with Crippen molar-refractivity contribution >= 4 is 41.5 Å². The Kier molecular flexibility index (Phi) is 10.3. The van der Waals surface area contributed by atoms with Gasteiger partial charge >= 0.3 is 0 Å². The zero-order valence-electron chi connectivity index (χ0n) is 14.5. The molecule has 1 aromatic heterocycles. The average molecular weight is 475 g/mol. The lowest BCUT2D eigenvalue weighted by atomic mass is 10.2. The van der Waals surface area contributed by atoms with Gasteiger partial charge in [-0.2, -0.15) is 0 Å². The van der Waals surface area contributed by atoms with Gasteiger partial charge in [0.05, 0.1) is 13.2 Å². The summed E-state index contributed by atoms with van der Waals surface area (Å²) >= 11 is 6.19. The highest BCUT2D eigenvalue weighted by Crippen LogP contribution is 2.16. The first-order valence-corrected chi connectivity index (χ1v) is 8.44. The molecular formula is C18H24ClIN4O. The number of hydrogen-bond donors (Lipinski definition) is 2. The van der Waals surface area contributed by atoms with Crippen LogP contribution in [0.2, 0.25) is 5.02 Å². The van der Waals surface area contributed by atoms with Crippen molar-refractivity contribution in [3.8, 4) is 5.88 Å². The Morgan fingerprint density at radius 2 is 1.88 bits per heavy atom. The number of halogens is 2. The van der Waals surface area contributed by atoms with E-state index >= 15 is 0 Å². The second-order valence-electron chi connectivity index (χ2n) is 5.04. The van der Waals surface area contributed by atoms with E-state index in [-0.39, 0.29) is 24.0 Å². The molecule has 136 valence electrons. The molecular weight excluding hydrogens is 451 g/mol. The van der Waals surface area contributed by atoms with Crippen LogP contribution in [0.25, 0.3) is 0 Å². The second kappa shape index (κ2) is 11.9. The molecule has 5 nitrogen and oxygen atoms in total. The molecule has 2 N–H and O–H groups in total. The summed E-state index contributed by atoms with van der Waals surface area (Å²) in [4.78, 5) is 8.85. The predicted octanol–water partition coefficient (Wildman–Crippen LogP) is 4.01. The van der Waals surface area contributed by atoms with Gasteiger partial charge in [0, 0.05) is 29.9 Å². The monoisotopic (exact) mass is 474 g/mol. The van der Waals surface area contributed by atoms with Crippen LogP contribution >= 0.6 is 35.6 Å². The molecule has 0 radical (unpaired) electrons. The number of nitrogens with zero attached hydrogens (tertiary/aromatic N) is 2. The number of nitrogens with one attached hydrogen (secondary N) is 2. The van der Waals surface area contributed by atoms with Gasteiger partial charge < -0.3 is 15.4 Å². The van der Waals surface area contributed by atoms with Gasteiger partial charge in [0.25, 0.3) is 0 Å². The van der Waals surface area contributed by atoms with E-state index in [1.165, 1.54) is 0 Å². The maximum Gasteiger partial charge on any atom is 0.218 e. The average Bonchev–Trinajstić information content (AvgIpc) is 2.60. The molecule has 0 aliphatic rings. The molecule has 0 aliphatic carbocycles. The summed E-state index contributed by atoms with van der Waals surface area (Å²) < 4.78 is 5.54. The number of benzene rings is 1. The quantitative estimate of drug-likeness (QED) is 0.362. The first kappa shape index (κ1) is 21.5. The fraction of sp³-hybridized carbons (Fsp3) is 0.333. The number of aromatic nitrogens is 1. The number of guanidine groups is 1. The van der Waals surface area contributed by atoms with E-state index in [1.807, 2.05) is 50.2 Å². The number of aliphatic imine (C=N–C) groups is 1. The van der Waals surface area contributed by atoms with Crippen LogP contribution in [0.4, 0.5) is 0 Å². The Hall–Kier alpha value is -1.54. The molecule has 0 aliphatic heterocycles. The first-order chi connectivity index (χ1) is 11.7. The third kappa shape index (κ3) is 7.07. The van der Waals surface area contributed by atoms with E-state index in [9.17, 15) is 0 Å². The van der Waals surface area contributed by atoms with E-state index in [4.69, 9.17) is 16.3 Å². The number of rotatable bonds is 7. The van der Waals surface area contributed by atoms with Gasteiger partial charge in [-0.25, -0.2) is 9.98 Å². The molecule has 2 rings (SSSR count). The van der Waals surface area contributed by atoms with Crippen molar-refractivity contribution < 1.29 is 4.74 Å². The van der Waals surface area contributed by atoms with Crippen molar-refractivity contribution in [2.24, 2.45) is 4.99 Å². The zero-order valence-corrected chi connectivity index (χ0v) is 17.5. The molecule has 25 heavy (non-hydrogen) atoms. The van der Waals surface area contributed by atoms with Gasteiger partial charge in [0.15, 0.2) is 5.96 Å². The lowest BCUT2D eigenvalue weighted by Gasteiger charge is -2.13. The molecule has 0 saturated heterocycles. The highest BCUT2D eigenvalue weighted by Gasteiger charge is 2.05. The number of ether oxygens (including phenoxy) is 1. The van der Waals surface area contributed by atoms with Crippen molar-refractivity contribution in [3.05, 3.63) is 58.7 Å². The SMILES string of the molecule is CCNC(=NCc1cccnc1OCC)NCc1ccccc1Cl.I. The normalized spacial score (nSPS) is 10.8. The van der Waals surface area contributed by atoms with Crippen LogP contribution in [-0.2, 0) is 13.1 Å². The van der Waals surface area contributed by atoms with Gasteiger partial charge in [-0.05, 0) is 31.5 Å². The largest absolute Gasteiger partial charge is 0.478 e. The standard InChI is InChI=1S/C18H23ClN4O.HI/c1-3-20-18(22-12-14-8-5-6-10-16(14)19)23-13-15-9-7-11-21-17(15)24-4-2;/h5-11H,3-4,12-13H2,1-2H3,(H2,20,22,23);1H. The molecule has 0 fully saturated rings. The second-order valence-corrected chi connectivity index (χ2v) is 5.45. The zero-order chi connectivity index (χ0) is 17.2. The minimum atomic E-state index is 0. The fourth-order valence-corrected chi connectivity index (χ4v) is 2.34. The van der Waals surface area contributed by atoms with Crippen molar-refractivity contribution in [1.29, 1.82) is 0 Å². The molecule has 0 spiro atoms. The van der Waals surface area contributed by atoms with E-state index in [1.54, 1.807) is 6.20 Å². The van der Waals surface area contributed by atoms with Gasteiger partial charge in [-0.15, -0.1) is 24.0 Å². The highest BCUT2D eigenvalue weighted by molar-refractivity contribution is 14.0. The van der Waals surface area contributed by atoms with Crippen molar-refractivity contribution in [2.75, 3.05) is 13.2 Å². The minimum absolute atomic E-state index is 0. The molecule has 1 aromatic carbocycles. The molecule has 2 aromatic rings. The lowest BCUT2D eigenvalue weighted by Crippen LogP contribution is -2.36. The smallest absolute Gasteiger partial charge is 0.218 e. The molecule has 1 heterocycles. The summed E-state index contributed by atoms with van der Waals surface area (Å²) in [6.07, 6.45) is 1.72. The van der Waals surface area contributed by atoms with Crippen molar-refractivity contribution in [1.82, 2.24) is 15.6 Å². The first-order valence-electron chi connectivity index (χ1n) is 8.06. The van der Waals surface area contributed by atoms with Crippen LogP contribution in [-0.4, -0.2) is 24.1 Å². The Bertz CT molecular complexity index is 682. The molecule has 0 amide bonds. The van der Waals surface area contributed by atoms with Crippen LogP contribution in [0.5, 0.6) is 5.88 Å². The maximum absolute atomic E-state index is 6.19. The minimum Gasteiger partial charge on any atom is -0.478 e. The Balaban J connectivity index is 0.00000312. The van der Waals surface area contributed by atoms with Gasteiger partial charge in [-0.1, -0.05) is 35.9 Å². The topological polar surface area (TPSA) is 58.5 Å². The van der Waals surface area contributed by atoms with E-state index in [0.717, 1.165) is 28.7 Å². The molecule has 7 heteroatoms. The summed E-state index contributed by atoms with van der Waals surface area (Å²) in [6, 6.07) is 11.6. The summed E-state index contributed by atoms with van der Waals surface area (Å²) in [5, 5.41) is 7.26. The van der Waals surface area contributed by atoms with Crippen LogP contribution < -0.4 is 15.4 Å². The number of pyridine rings is 1. The predicted molar refractivity (Wildman–Crippen MR) is 114 cm³/mol. The Labute approximate surface area is 171 Å². The van der Waals surface area contributed by atoms with Gasteiger partial charge in [-0.3, -0.25) is 0 Å². The summed E-state index contributed by atoms with van der Waals surface area (Å²) in [5.74, 6) is 1.36. The van der Waals surface area contributed by atoms with Crippen molar-refractivity contribution in [3.63, 3.8) is 0 Å². The Morgan fingerprint density at radius 3 is 2.60 bits per heavy atom. The van der Waals surface area contributed by atoms with Crippen molar-refractivity contribution in [2.45, 2.75) is 26.9 Å². The summed E-state index contributed by atoms with van der Waals surface area (Å²) in [6.45, 7) is 6.43. The van der Waals surface area contributed by atoms with Gasteiger partial charge in [0.2, 0.25) is 5.88 Å². The third-order valence-corrected chi connectivity index (χ3v) is 3.66. The van der Waals surface area contributed by atoms with Crippen LogP contribution in [0, 0.1) is 0 Å². The Morgan fingerprint density at radius 1 is 1.12 bits per heavy atom. The van der Waals surface area contributed by atoms with Gasteiger partial charge in [0.1, 0.15) is 0 Å². The molecule has 0 unspecified atom stereocenters. The molecule has 0 atom stereocenters. The molecule has 0 saturated carbocycles. The summed E-state index contributed by atoms with van der Waals surface area (Å²) in [5.41, 5.74) is 1.98. The van der Waals surface area contributed by atoms with Crippen LogP contribution in [0.15, 0.2) is 47.6 Å². The van der Waals surface area contributed by atoms with Crippen LogP contribution in [0.3, 0.4) is 0 Å². The highest BCUT2D eigenvalue weighted by atomic mass is 127. The maximum atomic E-state index is 6.19. The molecule has 0 bridgehead atoms. The van der Waals surface area contributed by atoms with E-state index in [2.05, 4.69) is 20.6 Å².